The van der Waals surface area contributed by atoms with Crippen LogP contribution in [-0.2, 0) is 9.53 Å². The molecule has 0 radical (unpaired) electrons. The zero-order valence-electron chi connectivity index (χ0n) is 9.92. The van der Waals surface area contributed by atoms with Crippen LogP contribution in [-0.4, -0.2) is 30.9 Å². The lowest BCUT2D eigenvalue weighted by Crippen LogP contribution is -2.31. The predicted molar refractivity (Wildman–Crippen MR) is 65.1 cm³/mol. The van der Waals surface area contributed by atoms with Crippen LogP contribution in [0.2, 0.25) is 0 Å². The summed E-state index contributed by atoms with van der Waals surface area (Å²) in [7, 11) is 1.44. The molecule has 1 aromatic rings. The molecule has 0 heterocycles. The van der Waals surface area contributed by atoms with Crippen LogP contribution < -0.4 is 4.74 Å². The lowest BCUT2D eigenvalue weighted by atomic mass is 10.2. The molecule has 1 atom stereocenters. The summed E-state index contributed by atoms with van der Waals surface area (Å²) in [6, 6.07) is 7.27. The molecular formula is C13H16O4. The zero-order valence-corrected chi connectivity index (χ0v) is 9.92. The molecule has 1 unspecified atom stereocenters. The largest absolute Gasteiger partial charge is 0.478 e. The normalized spacial score (nSPS) is 12.6. The second-order valence-corrected chi connectivity index (χ2v) is 3.44. The monoisotopic (exact) mass is 236 g/mol. The van der Waals surface area contributed by atoms with Crippen molar-refractivity contribution < 1.29 is 19.4 Å². The number of carboxylic acids is 1. The molecule has 0 amide bonds. The van der Waals surface area contributed by atoms with Crippen molar-refractivity contribution >= 4 is 12.0 Å². The first kappa shape index (κ1) is 13.3. The molecule has 0 aliphatic heterocycles. The molecule has 4 heteroatoms. The van der Waals surface area contributed by atoms with Crippen molar-refractivity contribution in [2.75, 3.05) is 13.7 Å². The van der Waals surface area contributed by atoms with Crippen LogP contribution in [0.15, 0.2) is 30.3 Å². The highest BCUT2D eigenvalue weighted by Gasteiger charge is 2.19. The highest BCUT2D eigenvalue weighted by Crippen LogP contribution is 2.20. The number of aliphatic carboxylic acids is 1. The van der Waals surface area contributed by atoms with Crippen molar-refractivity contribution in [3.05, 3.63) is 35.9 Å². The smallest absolute Gasteiger partial charge is 0.347 e. The number of benzene rings is 1. The van der Waals surface area contributed by atoms with Crippen LogP contribution in [0.3, 0.4) is 0 Å². The van der Waals surface area contributed by atoms with E-state index in [2.05, 4.69) is 0 Å². The van der Waals surface area contributed by atoms with Crippen LogP contribution in [0.1, 0.15) is 12.5 Å². The molecule has 0 bridgehead atoms. The molecule has 1 aromatic carbocycles. The topological polar surface area (TPSA) is 55.8 Å². The SMILES string of the molecule is C/C=C/c1ccccc1OC(COC)C(=O)O. The molecular weight excluding hydrogens is 220 g/mol. The Morgan fingerprint density at radius 2 is 2.18 bits per heavy atom. The van der Waals surface area contributed by atoms with Crippen LogP contribution in [0.5, 0.6) is 5.75 Å². The average molecular weight is 236 g/mol. The van der Waals surface area contributed by atoms with Gasteiger partial charge in [0, 0.05) is 12.7 Å². The van der Waals surface area contributed by atoms with Crippen molar-refractivity contribution in [3.63, 3.8) is 0 Å². The van der Waals surface area contributed by atoms with Gasteiger partial charge in [-0.15, -0.1) is 0 Å². The van der Waals surface area contributed by atoms with E-state index in [1.807, 2.05) is 31.2 Å². The molecule has 0 aliphatic rings. The Bertz CT molecular complexity index is 398. The van der Waals surface area contributed by atoms with Crippen molar-refractivity contribution in [2.45, 2.75) is 13.0 Å². The van der Waals surface area contributed by atoms with Crippen molar-refractivity contribution in [1.82, 2.24) is 0 Å². The Morgan fingerprint density at radius 1 is 1.47 bits per heavy atom. The van der Waals surface area contributed by atoms with Gasteiger partial charge in [0.2, 0.25) is 6.10 Å². The molecule has 4 nitrogen and oxygen atoms in total. The zero-order chi connectivity index (χ0) is 12.7. The summed E-state index contributed by atoms with van der Waals surface area (Å²) in [4.78, 5) is 10.9. The Balaban J connectivity index is 2.88. The second-order valence-electron chi connectivity index (χ2n) is 3.44. The average Bonchev–Trinajstić information content (AvgIpc) is 2.31. The van der Waals surface area contributed by atoms with Crippen molar-refractivity contribution in [2.24, 2.45) is 0 Å². The first-order chi connectivity index (χ1) is 8.19. The van der Waals surface area contributed by atoms with Gasteiger partial charge >= 0.3 is 5.97 Å². The van der Waals surface area contributed by atoms with E-state index in [9.17, 15) is 4.79 Å². The summed E-state index contributed by atoms with van der Waals surface area (Å²) < 4.78 is 10.2. The maximum Gasteiger partial charge on any atom is 0.347 e. The molecule has 0 fully saturated rings. The Hall–Kier alpha value is -1.81. The van der Waals surface area contributed by atoms with E-state index >= 15 is 0 Å². The van der Waals surface area contributed by atoms with Gasteiger partial charge in [0.15, 0.2) is 0 Å². The Kier molecular flexibility index (Phi) is 5.23. The second kappa shape index (κ2) is 6.70. The minimum absolute atomic E-state index is 0.0134. The third kappa shape index (κ3) is 3.92. The number of hydrogen-bond acceptors (Lipinski definition) is 3. The number of allylic oxidation sites excluding steroid dienone is 1. The van der Waals surface area contributed by atoms with Gasteiger partial charge < -0.3 is 14.6 Å². The van der Waals surface area contributed by atoms with E-state index < -0.39 is 12.1 Å². The summed E-state index contributed by atoms with van der Waals surface area (Å²) in [5, 5.41) is 8.96. The number of carbonyl (C=O) groups is 1. The highest BCUT2D eigenvalue weighted by atomic mass is 16.5. The standard InChI is InChI=1S/C13H16O4/c1-3-6-10-7-4-5-8-11(10)17-12(9-16-2)13(14)15/h3-8,12H,9H2,1-2H3,(H,14,15)/b6-3+. The van der Waals surface area contributed by atoms with Gasteiger partial charge in [0.25, 0.3) is 0 Å². The summed E-state index contributed by atoms with van der Waals surface area (Å²) in [5.74, 6) is -0.503. The number of carboxylic acid groups (broad SMARTS) is 1. The summed E-state index contributed by atoms with van der Waals surface area (Å²) in [6.07, 6.45) is 2.74. The fourth-order valence-corrected chi connectivity index (χ4v) is 1.37. The van der Waals surface area contributed by atoms with E-state index in [1.165, 1.54) is 7.11 Å². The fraction of sp³-hybridized carbons (Fsp3) is 0.308. The van der Waals surface area contributed by atoms with Gasteiger partial charge in [0.05, 0.1) is 6.61 Å². The quantitative estimate of drug-likeness (QED) is 0.822. The maximum absolute atomic E-state index is 10.9. The number of para-hydroxylation sites is 1. The Morgan fingerprint density at radius 3 is 2.76 bits per heavy atom. The lowest BCUT2D eigenvalue weighted by Gasteiger charge is -2.15. The molecule has 0 saturated heterocycles. The summed E-state index contributed by atoms with van der Waals surface area (Å²) in [6.45, 7) is 1.90. The van der Waals surface area contributed by atoms with Gasteiger partial charge in [-0.05, 0) is 13.0 Å². The molecule has 1 N–H and O–H groups in total. The maximum atomic E-state index is 10.9. The Labute approximate surface area is 100 Å². The van der Waals surface area contributed by atoms with Crippen LogP contribution in [0.4, 0.5) is 0 Å². The lowest BCUT2D eigenvalue weighted by molar-refractivity contribution is -0.147. The molecule has 0 aromatic heterocycles. The van der Waals surface area contributed by atoms with E-state index in [4.69, 9.17) is 14.6 Å². The van der Waals surface area contributed by atoms with Crippen LogP contribution in [0.25, 0.3) is 6.08 Å². The number of hydrogen-bond donors (Lipinski definition) is 1. The van der Waals surface area contributed by atoms with Crippen molar-refractivity contribution in [3.8, 4) is 5.75 Å². The van der Waals surface area contributed by atoms with E-state index in [1.54, 1.807) is 12.1 Å². The first-order valence-electron chi connectivity index (χ1n) is 5.29. The van der Waals surface area contributed by atoms with Crippen LogP contribution >= 0.6 is 0 Å². The minimum Gasteiger partial charge on any atom is -0.478 e. The van der Waals surface area contributed by atoms with Crippen LogP contribution in [0, 0.1) is 0 Å². The molecule has 92 valence electrons. The van der Waals surface area contributed by atoms with E-state index in [0.717, 1.165) is 5.56 Å². The molecule has 1 rings (SSSR count). The van der Waals surface area contributed by atoms with E-state index in [0.29, 0.717) is 5.75 Å². The first-order valence-corrected chi connectivity index (χ1v) is 5.29. The van der Waals surface area contributed by atoms with E-state index in [-0.39, 0.29) is 6.61 Å². The van der Waals surface area contributed by atoms with Crippen molar-refractivity contribution in [1.29, 1.82) is 0 Å². The molecule has 0 spiro atoms. The third-order valence-corrected chi connectivity index (χ3v) is 2.13. The number of ether oxygens (including phenoxy) is 2. The summed E-state index contributed by atoms with van der Waals surface area (Å²) >= 11 is 0. The number of rotatable bonds is 6. The predicted octanol–water partition coefficient (Wildman–Crippen LogP) is 2.20. The molecule has 17 heavy (non-hydrogen) atoms. The molecule has 0 saturated carbocycles. The van der Waals surface area contributed by atoms with Gasteiger partial charge in [-0.1, -0.05) is 30.4 Å². The third-order valence-electron chi connectivity index (χ3n) is 2.13. The van der Waals surface area contributed by atoms with Gasteiger partial charge in [0.1, 0.15) is 5.75 Å². The fourth-order valence-electron chi connectivity index (χ4n) is 1.37. The molecule has 0 aliphatic carbocycles. The minimum atomic E-state index is -1.04. The summed E-state index contributed by atoms with van der Waals surface area (Å²) in [5.41, 5.74) is 0.845. The van der Waals surface area contributed by atoms with Gasteiger partial charge in [-0.25, -0.2) is 4.79 Å². The van der Waals surface area contributed by atoms with Gasteiger partial charge in [-0.3, -0.25) is 0 Å². The highest BCUT2D eigenvalue weighted by molar-refractivity contribution is 5.73. The van der Waals surface area contributed by atoms with Gasteiger partial charge in [-0.2, -0.15) is 0 Å². The number of methoxy groups -OCH3 is 1.